The predicted octanol–water partition coefficient (Wildman–Crippen LogP) is 0.0164. The summed E-state index contributed by atoms with van der Waals surface area (Å²) < 4.78 is 11.0. The van der Waals surface area contributed by atoms with E-state index in [4.69, 9.17) is 24.4 Å². The van der Waals surface area contributed by atoms with E-state index in [1.807, 2.05) is 12.3 Å². The Morgan fingerprint density at radius 3 is 1.93 bits per heavy atom. The predicted molar refractivity (Wildman–Crippen MR) is 114 cm³/mol. The fourth-order valence-electron chi connectivity index (χ4n) is 3.92. The van der Waals surface area contributed by atoms with Gasteiger partial charge < -0.3 is 29.5 Å². The van der Waals surface area contributed by atoms with Crippen LogP contribution < -0.4 is 20.0 Å². The van der Waals surface area contributed by atoms with E-state index in [0.717, 1.165) is 63.7 Å². The summed E-state index contributed by atoms with van der Waals surface area (Å²) in [6.07, 6.45) is 1.85. The first-order valence-electron chi connectivity index (χ1n) is 10.7. The van der Waals surface area contributed by atoms with E-state index in [0.29, 0.717) is 44.1 Å². The summed E-state index contributed by atoms with van der Waals surface area (Å²) in [5.41, 5.74) is 0.963. The fraction of sp³-hybridized carbons (Fsp3) is 0.600. The standard InChI is InChI=1S/C20H28N8O2/c1-2-22-17(26-5-3-21-4-6-26)15-16(1)18-23-19(27-7-11-29-12-8-27)25-20(24-18)28-9-13-30-14-10-28/h1-2,15,21H,3-14H2. The zero-order chi connectivity index (χ0) is 20.2. The Morgan fingerprint density at radius 1 is 0.733 bits per heavy atom. The van der Waals surface area contributed by atoms with Crippen LogP contribution in [0.5, 0.6) is 0 Å². The molecule has 160 valence electrons. The van der Waals surface area contributed by atoms with Gasteiger partial charge in [0.2, 0.25) is 11.9 Å². The summed E-state index contributed by atoms with van der Waals surface area (Å²) in [6, 6.07) is 4.07. The van der Waals surface area contributed by atoms with Gasteiger partial charge in [-0.05, 0) is 12.1 Å². The molecule has 5 heterocycles. The van der Waals surface area contributed by atoms with Crippen molar-refractivity contribution in [2.75, 3.05) is 93.5 Å². The topological polar surface area (TPSA) is 91.8 Å². The van der Waals surface area contributed by atoms with Crippen LogP contribution in [0.4, 0.5) is 17.7 Å². The first-order chi connectivity index (χ1) is 14.9. The number of hydrogen-bond donors (Lipinski definition) is 1. The number of nitrogens with one attached hydrogen (secondary N) is 1. The lowest BCUT2D eigenvalue weighted by atomic mass is 10.2. The Hall–Kier alpha value is -2.56. The number of hydrogen-bond acceptors (Lipinski definition) is 10. The summed E-state index contributed by atoms with van der Waals surface area (Å²) in [6.45, 7) is 9.75. The Morgan fingerprint density at radius 2 is 1.33 bits per heavy atom. The number of piperazine rings is 1. The van der Waals surface area contributed by atoms with Crippen LogP contribution in [0.15, 0.2) is 18.3 Å². The van der Waals surface area contributed by atoms with Crippen molar-refractivity contribution in [1.29, 1.82) is 0 Å². The van der Waals surface area contributed by atoms with Gasteiger partial charge in [0.25, 0.3) is 0 Å². The van der Waals surface area contributed by atoms with Crippen molar-refractivity contribution < 1.29 is 9.47 Å². The van der Waals surface area contributed by atoms with Gasteiger partial charge in [-0.25, -0.2) is 4.98 Å². The molecule has 30 heavy (non-hydrogen) atoms. The lowest BCUT2D eigenvalue weighted by molar-refractivity contribution is 0.121. The lowest BCUT2D eigenvalue weighted by Gasteiger charge is -2.30. The highest BCUT2D eigenvalue weighted by Crippen LogP contribution is 2.25. The van der Waals surface area contributed by atoms with Crippen LogP contribution in [0.2, 0.25) is 0 Å². The van der Waals surface area contributed by atoms with Crippen LogP contribution in [0.1, 0.15) is 0 Å². The second-order valence-corrected chi connectivity index (χ2v) is 7.60. The van der Waals surface area contributed by atoms with E-state index in [1.54, 1.807) is 0 Å². The highest BCUT2D eigenvalue weighted by molar-refractivity contribution is 5.62. The van der Waals surface area contributed by atoms with Crippen molar-refractivity contribution in [3.05, 3.63) is 18.3 Å². The molecule has 0 amide bonds. The highest BCUT2D eigenvalue weighted by Gasteiger charge is 2.22. The number of rotatable bonds is 4. The molecule has 3 fully saturated rings. The third-order valence-electron chi connectivity index (χ3n) is 5.64. The normalized spacial score (nSPS) is 20.5. The maximum atomic E-state index is 5.51. The number of nitrogens with zero attached hydrogens (tertiary/aromatic N) is 7. The first kappa shape index (κ1) is 19.4. The van der Waals surface area contributed by atoms with Gasteiger partial charge in [-0.3, -0.25) is 0 Å². The van der Waals surface area contributed by atoms with E-state index in [9.17, 15) is 0 Å². The Kier molecular flexibility index (Phi) is 5.87. The number of aromatic nitrogens is 4. The molecule has 3 aliphatic rings. The molecule has 0 aromatic carbocycles. The van der Waals surface area contributed by atoms with Crippen molar-refractivity contribution >= 4 is 17.7 Å². The van der Waals surface area contributed by atoms with Gasteiger partial charge in [-0.2, -0.15) is 15.0 Å². The monoisotopic (exact) mass is 412 g/mol. The molecule has 0 saturated carbocycles. The van der Waals surface area contributed by atoms with Crippen molar-refractivity contribution in [3.63, 3.8) is 0 Å². The van der Waals surface area contributed by atoms with Gasteiger partial charge in [0.15, 0.2) is 5.82 Å². The molecule has 0 spiro atoms. The second-order valence-electron chi connectivity index (χ2n) is 7.60. The molecule has 10 heteroatoms. The summed E-state index contributed by atoms with van der Waals surface area (Å²) in [5, 5.41) is 3.38. The van der Waals surface area contributed by atoms with E-state index < -0.39 is 0 Å². The van der Waals surface area contributed by atoms with Crippen LogP contribution >= 0.6 is 0 Å². The minimum Gasteiger partial charge on any atom is -0.378 e. The molecule has 1 N–H and O–H groups in total. The zero-order valence-electron chi connectivity index (χ0n) is 17.2. The number of morpholine rings is 2. The summed E-state index contributed by atoms with van der Waals surface area (Å²) in [7, 11) is 0. The average Bonchev–Trinajstić information content (AvgIpc) is 2.85. The van der Waals surface area contributed by atoms with E-state index >= 15 is 0 Å². The molecule has 2 aromatic heterocycles. The Bertz CT molecular complexity index is 812. The average molecular weight is 412 g/mol. The van der Waals surface area contributed by atoms with E-state index in [2.05, 4.69) is 31.1 Å². The molecule has 3 saturated heterocycles. The summed E-state index contributed by atoms with van der Waals surface area (Å²) >= 11 is 0. The van der Waals surface area contributed by atoms with Crippen molar-refractivity contribution in [1.82, 2.24) is 25.3 Å². The van der Waals surface area contributed by atoms with Crippen molar-refractivity contribution in [2.45, 2.75) is 0 Å². The number of anilines is 3. The van der Waals surface area contributed by atoms with Crippen LogP contribution in [0.25, 0.3) is 11.4 Å². The molecule has 0 aliphatic carbocycles. The van der Waals surface area contributed by atoms with Gasteiger partial charge in [-0.1, -0.05) is 0 Å². The van der Waals surface area contributed by atoms with Gasteiger partial charge in [0.05, 0.1) is 26.4 Å². The molecular formula is C20H28N8O2. The Labute approximate surface area is 176 Å². The molecule has 0 radical (unpaired) electrons. The molecule has 5 rings (SSSR count). The molecule has 0 atom stereocenters. The van der Waals surface area contributed by atoms with Gasteiger partial charge >= 0.3 is 0 Å². The Balaban J connectivity index is 1.49. The SMILES string of the molecule is c1cc(-c2nc(N3CCOCC3)nc(N3CCOCC3)n2)cc(N2CCNCC2)n1. The molecular weight excluding hydrogens is 384 g/mol. The largest absolute Gasteiger partial charge is 0.378 e. The second kappa shape index (κ2) is 9.07. The maximum Gasteiger partial charge on any atom is 0.230 e. The van der Waals surface area contributed by atoms with Gasteiger partial charge in [0.1, 0.15) is 5.82 Å². The molecule has 2 aromatic rings. The van der Waals surface area contributed by atoms with Gasteiger partial charge in [0, 0.05) is 64.1 Å². The van der Waals surface area contributed by atoms with Gasteiger partial charge in [-0.15, -0.1) is 0 Å². The minimum absolute atomic E-state index is 0.687. The third-order valence-corrected chi connectivity index (χ3v) is 5.64. The highest BCUT2D eigenvalue weighted by atomic mass is 16.5. The van der Waals surface area contributed by atoms with Crippen LogP contribution in [-0.2, 0) is 9.47 Å². The molecule has 10 nitrogen and oxygen atoms in total. The van der Waals surface area contributed by atoms with Crippen molar-refractivity contribution in [3.8, 4) is 11.4 Å². The lowest BCUT2D eigenvalue weighted by Crippen LogP contribution is -2.43. The zero-order valence-corrected chi connectivity index (χ0v) is 17.2. The third kappa shape index (κ3) is 4.30. The molecule has 0 bridgehead atoms. The molecule has 3 aliphatic heterocycles. The van der Waals surface area contributed by atoms with Crippen LogP contribution in [0, 0.1) is 0 Å². The summed E-state index contributed by atoms with van der Waals surface area (Å²) in [4.78, 5) is 25.7. The quantitative estimate of drug-likeness (QED) is 0.741. The van der Waals surface area contributed by atoms with Crippen molar-refractivity contribution in [2.24, 2.45) is 0 Å². The maximum absolute atomic E-state index is 5.51. The smallest absolute Gasteiger partial charge is 0.230 e. The van der Waals surface area contributed by atoms with Crippen LogP contribution in [0.3, 0.4) is 0 Å². The van der Waals surface area contributed by atoms with Crippen LogP contribution in [-0.4, -0.2) is 98.7 Å². The fourth-order valence-corrected chi connectivity index (χ4v) is 3.92. The first-order valence-corrected chi connectivity index (χ1v) is 10.7. The summed E-state index contributed by atoms with van der Waals surface area (Å²) in [5.74, 6) is 3.08. The minimum atomic E-state index is 0.687. The molecule has 0 unspecified atom stereocenters. The van der Waals surface area contributed by atoms with E-state index in [1.165, 1.54) is 0 Å². The number of pyridine rings is 1. The van der Waals surface area contributed by atoms with E-state index in [-0.39, 0.29) is 0 Å². The number of ether oxygens (including phenoxy) is 2.